The number of hydrogen-bond acceptors (Lipinski definition) is 10. The first-order chi connectivity index (χ1) is 14.6. The summed E-state index contributed by atoms with van der Waals surface area (Å²) in [5.41, 5.74) is -0.784. The number of halogens is 1. The molecule has 0 saturated carbocycles. The summed E-state index contributed by atoms with van der Waals surface area (Å²) < 4.78 is 14.1. The number of nitrogens with one attached hydrogen (secondary N) is 1. The molecule has 1 aromatic heterocycles. The molecular weight excluding hydrogens is 456 g/mol. The molecule has 2 rings (SSSR count). The summed E-state index contributed by atoms with van der Waals surface area (Å²) in [4.78, 5) is 58.7. The number of thiophene rings is 1. The molecule has 0 fully saturated rings. The van der Waals surface area contributed by atoms with Crippen LogP contribution >= 0.6 is 22.9 Å². The maximum Gasteiger partial charge on any atom is 0.348 e. The van der Waals surface area contributed by atoms with Gasteiger partial charge in [-0.1, -0.05) is 11.6 Å². The predicted molar refractivity (Wildman–Crippen MR) is 109 cm³/mol. The van der Waals surface area contributed by atoms with E-state index < -0.39 is 46.6 Å². The Morgan fingerprint density at radius 2 is 1.77 bits per heavy atom. The molecule has 1 aromatic carbocycles. The fourth-order valence-corrected chi connectivity index (χ4v) is 3.73. The van der Waals surface area contributed by atoms with Gasteiger partial charge in [-0.25, -0.2) is 14.4 Å². The Balaban J connectivity index is 2.18. The van der Waals surface area contributed by atoms with E-state index in [-0.39, 0.29) is 26.0 Å². The van der Waals surface area contributed by atoms with Crippen molar-refractivity contribution in [3.05, 3.63) is 54.9 Å². The number of rotatable bonds is 7. The highest BCUT2D eigenvalue weighted by Gasteiger charge is 2.27. The zero-order valence-corrected chi connectivity index (χ0v) is 17.9. The molecule has 2 aromatic rings. The molecular formula is C18H15ClN2O9S. The molecule has 1 heterocycles. The molecule has 0 atom stereocenters. The Kier molecular flexibility index (Phi) is 7.67. The molecule has 0 aliphatic rings. The summed E-state index contributed by atoms with van der Waals surface area (Å²) in [5, 5.41) is 13.5. The summed E-state index contributed by atoms with van der Waals surface area (Å²) in [6.07, 6.45) is 0. The minimum absolute atomic E-state index is 0.0109. The van der Waals surface area contributed by atoms with Gasteiger partial charge in [-0.05, 0) is 24.6 Å². The van der Waals surface area contributed by atoms with E-state index in [1.54, 1.807) is 0 Å². The zero-order valence-electron chi connectivity index (χ0n) is 16.3. The van der Waals surface area contributed by atoms with Crippen LogP contribution in [0.1, 0.15) is 36.0 Å². The highest BCUT2D eigenvalue weighted by molar-refractivity contribution is 7.18. The lowest BCUT2D eigenvalue weighted by Gasteiger charge is -2.07. The summed E-state index contributed by atoms with van der Waals surface area (Å²) in [6, 6.07) is 3.33. The number of nitrogens with zero attached hydrogens (tertiary/aromatic N) is 1. The van der Waals surface area contributed by atoms with E-state index in [2.05, 4.69) is 14.8 Å². The second-order valence-electron chi connectivity index (χ2n) is 5.79. The molecule has 0 radical (unpaired) electrons. The Morgan fingerprint density at radius 1 is 1.13 bits per heavy atom. The van der Waals surface area contributed by atoms with Gasteiger partial charge in [0.1, 0.15) is 15.4 Å². The Hall–Kier alpha value is -3.51. The van der Waals surface area contributed by atoms with Gasteiger partial charge in [-0.3, -0.25) is 14.9 Å². The van der Waals surface area contributed by atoms with Crippen molar-refractivity contribution in [2.45, 2.75) is 6.92 Å². The Bertz CT molecular complexity index is 1080. The second kappa shape index (κ2) is 10.00. The van der Waals surface area contributed by atoms with Gasteiger partial charge in [0.05, 0.1) is 24.7 Å². The molecule has 0 spiro atoms. The van der Waals surface area contributed by atoms with Crippen molar-refractivity contribution in [2.24, 2.45) is 0 Å². The van der Waals surface area contributed by atoms with Crippen molar-refractivity contribution in [1.82, 2.24) is 0 Å². The number of anilines is 1. The van der Waals surface area contributed by atoms with E-state index in [1.807, 2.05) is 0 Å². The minimum Gasteiger partial charge on any atom is -0.465 e. The number of nitro groups is 1. The molecule has 164 valence electrons. The van der Waals surface area contributed by atoms with Crippen LogP contribution in [0.4, 0.5) is 10.7 Å². The topological polar surface area (TPSA) is 151 Å². The second-order valence-corrected chi connectivity index (χ2v) is 7.24. The van der Waals surface area contributed by atoms with Crippen molar-refractivity contribution in [3.8, 4) is 0 Å². The standard InChI is InChI=1S/C18H15ClN2O9S/c1-8-13(17(24)28-2)15(31-14(8)18(25)29-3)20-12(22)7-30-16(23)10-5-4-9(19)6-11(10)21(26)27/h4-6H,7H2,1-3H3,(H,20,22). The summed E-state index contributed by atoms with van der Waals surface area (Å²) in [6.45, 7) is 0.661. The number of carbonyl (C=O) groups excluding carboxylic acids is 4. The third kappa shape index (κ3) is 5.35. The lowest BCUT2D eigenvalue weighted by Crippen LogP contribution is -2.22. The van der Waals surface area contributed by atoms with Crippen LogP contribution < -0.4 is 5.32 Å². The van der Waals surface area contributed by atoms with Crippen LogP contribution in [-0.2, 0) is 19.0 Å². The maximum atomic E-state index is 12.2. The number of amides is 1. The van der Waals surface area contributed by atoms with Crippen molar-refractivity contribution in [2.75, 3.05) is 26.1 Å². The average Bonchev–Trinajstić information content (AvgIpc) is 3.06. The number of carbonyl (C=O) groups is 4. The normalized spacial score (nSPS) is 10.2. The van der Waals surface area contributed by atoms with Gasteiger partial charge in [0.2, 0.25) is 0 Å². The van der Waals surface area contributed by atoms with E-state index in [4.69, 9.17) is 16.3 Å². The number of nitro benzene ring substituents is 1. The zero-order chi connectivity index (χ0) is 23.3. The first-order valence-corrected chi connectivity index (χ1v) is 9.51. The van der Waals surface area contributed by atoms with E-state index in [0.29, 0.717) is 0 Å². The number of benzene rings is 1. The highest BCUT2D eigenvalue weighted by atomic mass is 35.5. The van der Waals surface area contributed by atoms with Crippen molar-refractivity contribution in [1.29, 1.82) is 0 Å². The summed E-state index contributed by atoms with van der Waals surface area (Å²) in [7, 11) is 2.29. The molecule has 13 heteroatoms. The summed E-state index contributed by atoms with van der Waals surface area (Å²) >= 11 is 6.47. The van der Waals surface area contributed by atoms with E-state index in [1.165, 1.54) is 13.0 Å². The Labute approximate surface area is 184 Å². The van der Waals surface area contributed by atoms with E-state index in [0.717, 1.165) is 37.7 Å². The minimum atomic E-state index is -1.12. The van der Waals surface area contributed by atoms with Gasteiger partial charge in [0, 0.05) is 11.1 Å². The van der Waals surface area contributed by atoms with Crippen LogP contribution in [0.3, 0.4) is 0 Å². The van der Waals surface area contributed by atoms with Crippen LogP contribution in [-0.4, -0.2) is 49.6 Å². The van der Waals surface area contributed by atoms with Crippen molar-refractivity contribution in [3.63, 3.8) is 0 Å². The van der Waals surface area contributed by atoms with Gasteiger partial charge >= 0.3 is 17.9 Å². The van der Waals surface area contributed by atoms with Crippen LogP contribution in [0.2, 0.25) is 5.02 Å². The SMILES string of the molecule is COC(=O)c1sc(NC(=O)COC(=O)c2ccc(Cl)cc2[N+](=O)[O-])c(C(=O)OC)c1C. The lowest BCUT2D eigenvalue weighted by atomic mass is 10.1. The average molecular weight is 471 g/mol. The quantitative estimate of drug-likeness (QED) is 0.278. The predicted octanol–water partition coefficient (Wildman–Crippen LogP) is 2.99. The molecule has 0 aliphatic heterocycles. The fraction of sp³-hybridized carbons (Fsp3) is 0.222. The van der Waals surface area contributed by atoms with Crippen molar-refractivity contribution < 1.29 is 38.3 Å². The molecule has 1 N–H and O–H groups in total. The van der Waals surface area contributed by atoms with Gasteiger partial charge < -0.3 is 19.5 Å². The molecule has 11 nitrogen and oxygen atoms in total. The third-order valence-corrected chi connectivity index (χ3v) is 5.29. The van der Waals surface area contributed by atoms with Crippen LogP contribution in [0, 0.1) is 17.0 Å². The van der Waals surface area contributed by atoms with Gasteiger partial charge in [-0.15, -0.1) is 11.3 Å². The summed E-state index contributed by atoms with van der Waals surface area (Å²) in [5.74, 6) is -3.49. The van der Waals surface area contributed by atoms with Crippen LogP contribution in [0.5, 0.6) is 0 Å². The maximum absolute atomic E-state index is 12.2. The first-order valence-electron chi connectivity index (χ1n) is 8.31. The van der Waals surface area contributed by atoms with Gasteiger partial charge in [0.15, 0.2) is 6.61 Å². The van der Waals surface area contributed by atoms with E-state index >= 15 is 0 Å². The monoisotopic (exact) mass is 470 g/mol. The lowest BCUT2D eigenvalue weighted by molar-refractivity contribution is -0.385. The molecule has 0 aliphatic carbocycles. The highest BCUT2D eigenvalue weighted by Crippen LogP contribution is 2.34. The number of esters is 3. The van der Waals surface area contributed by atoms with Gasteiger partial charge in [-0.2, -0.15) is 0 Å². The number of hydrogen-bond donors (Lipinski definition) is 1. The van der Waals surface area contributed by atoms with Gasteiger partial charge in [0.25, 0.3) is 11.6 Å². The van der Waals surface area contributed by atoms with Crippen LogP contribution in [0.15, 0.2) is 18.2 Å². The number of ether oxygens (including phenoxy) is 3. The molecule has 0 bridgehead atoms. The Morgan fingerprint density at radius 3 is 2.35 bits per heavy atom. The third-order valence-electron chi connectivity index (χ3n) is 3.87. The van der Waals surface area contributed by atoms with Crippen molar-refractivity contribution >= 4 is 57.4 Å². The molecule has 0 unspecified atom stereocenters. The smallest absolute Gasteiger partial charge is 0.348 e. The van der Waals surface area contributed by atoms with Crippen LogP contribution in [0.25, 0.3) is 0 Å². The largest absolute Gasteiger partial charge is 0.465 e. The fourth-order valence-electron chi connectivity index (χ4n) is 2.44. The number of methoxy groups -OCH3 is 2. The van der Waals surface area contributed by atoms with E-state index in [9.17, 15) is 29.3 Å². The molecule has 1 amide bonds. The molecule has 0 saturated heterocycles. The molecule has 31 heavy (non-hydrogen) atoms. The first kappa shape index (κ1) is 23.8.